The zero-order valence-electron chi connectivity index (χ0n) is 4.51. The fourth-order valence-corrected chi connectivity index (χ4v) is 0. The molecule has 0 aliphatic heterocycles. The number of rotatable bonds is 0. The van der Waals surface area contributed by atoms with E-state index in [1.54, 1.807) is 0 Å². The molecule has 0 unspecified atom stereocenters. The van der Waals surface area contributed by atoms with Crippen LogP contribution >= 0.6 is 0 Å². The van der Waals surface area contributed by atoms with Gasteiger partial charge in [0.15, 0.2) is 0 Å². The van der Waals surface area contributed by atoms with E-state index in [0.29, 0.717) is 0 Å². The van der Waals surface area contributed by atoms with Gasteiger partial charge in [0.1, 0.15) is 5.78 Å². The number of hydrogen-bond acceptors (Lipinski definition) is 3. The van der Waals surface area contributed by atoms with Crippen LogP contribution in [0.1, 0.15) is 13.8 Å². The van der Waals surface area contributed by atoms with Gasteiger partial charge in [-0.3, -0.25) is 0 Å². The Hall–Kier alpha value is 0.850. The molecule has 2 N–H and O–H groups in total. The van der Waals surface area contributed by atoms with Gasteiger partial charge >= 0.3 is 37.7 Å². The van der Waals surface area contributed by atoms with Crippen LogP contribution in [0, 0.1) is 0 Å². The molecule has 0 saturated carbocycles. The average Bonchev–Trinajstić information content (AvgIpc) is 0.811. The first-order valence-corrected chi connectivity index (χ1v) is 1.20. The largest absolute Gasteiger partial charge is 2.00 e. The monoisotopic (exact) mass is 132 g/mol. The summed E-state index contributed by atoms with van der Waals surface area (Å²) in [6.45, 7) is 3.06. The van der Waals surface area contributed by atoms with Gasteiger partial charge < -0.3 is 15.7 Å². The molecule has 40 valence electrons. The molecule has 0 atom stereocenters. The molecule has 0 saturated heterocycles. The summed E-state index contributed by atoms with van der Waals surface area (Å²) in [6.07, 6.45) is 0. The fourth-order valence-electron chi connectivity index (χ4n) is 0. The normalized spacial score (nSPS) is 3.71. The van der Waals surface area contributed by atoms with Crippen molar-refractivity contribution in [3.05, 3.63) is 0 Å². The van der Waals surface area contributed by atoms with Gasteiger partial charge in [-0.1, -0.05) is 0 Å². The van der Waals surface area contributed by atoms with Crippen molar-refractivity contribution in [2.24, 2.45) is 0 Å². The van der Waals surface area contributed by atoms with Crippen LogP contribution in [-0.2, 0) is 4.79 Å². The summed E-state index contributed by atoms with van der Waals surface area (Å²) >= 11 is 0. The zero-order chi connectivity index (χ0) is 3.58. The Morgan fingerprint density at radius 3 is 1.14 bits per heavy atom. The third kappa shape index (κ3) is 223. The quantitative estimate of drug-likeness (QED) is 0.430. The number of carbonyl (C=O) groups excluding carboxylic acids is 1. The maximum absolute atomic E-state index is 9.44. The molecule has 0 amide bonds. The van der Waals surface area contributed by atoms with Crippen LogP contribution in [0.25, 0.3) is 0 Å². The Balaban J connectivity index is -0.0000000150. The minimum atomic E-state index is 0. The summed E-state index contributed by atoms with van der Waals surface area (Å²) in [5, 5.41) is 0. The first-order valence-electron chi connectivity index (χ1n) is 1.20. The summed E-state index contributed by atoms with van der Waals surface area (Å²) in [5.41, 5.74) is 0. The fraction of sp³-hybridized carbons (Fsp3) is 0.667. The van der Waals surface area contributed by atoms with Crippen molar-refractivity contribution in [2.75, 3.05) is 0 Å². The smallest absolute Gasteiger partial charge is 0.870 e. The third-order valence-corrected chi connectivity index (χ3v) is 0. The van der Waals surface area contributed by atoms with Crippen molar-refractivity contribution < 1.29 is 15.7 Å². The Morgan fingerprint density at radius 2 is 1.14 bits per heavy atom. The number of ketones is 1. The Labute approximate surface area is 72.7 Å². The van der Waals surface area contributed by atoms with Crippen molar-refractivity contribution in [3.8, 4) is 0 Å². The van der Waals surface area contributed by atoms with Crippen molar-refractivity contribution in [1.29, 1.82) is 0 Å². The zero-order valence-corrected chi connectivity index (χ0v) is 6.72. The minimum Gasteiger partial charge on any atom is -0.870 e. The first-order chi connectivity index (χ1) is 1.73. The van der Waals surface area contributed by atoms with E-state index in [4.69, 9.17) is 0 Å². The summed E-state index contributed by atoms with van der Waals surface area (Å²) in [7, 11) is 0. The van der Waals surface area contributed by atoms with Crippen LogP contribution < -0.4 is 0 Å². The van der Waals surface area contributed by atoms with Crippen molar-refractivity contribution in [1.82, 2.24) is 0 Å². The summed E-state index contributed by atoms with van der Waals surface area (Å²) in [5.74, 6) is 0.167. The molecule has 0 aliphatic rings. The van der Waals surface area contributed by atoms with E-state index < -0.39 is 0 Å². The van der Waals surface area contributed by atoms with Crippen LogP contribution in [0.5, 0.6) is 0 Å². The molecule has 0 rings (SSSR count). The van der Waals surface area contributed by atoms with Gasteiger partial charge in [0.2, 0.25) is 0 Å². The summed E-state index contributed by atoms with van der Waals surface area (Å²) < 4.78 is 0. The van der Waals surface area contributed by atoms with E-state index in [1.165, 1.54) is 13.8 Å². The van der Waals surface area contributed by atoms with E-state index in [0.717, 1.165) is 0 Å². The van der Waals surface area contributed by atoms with Gasteiger partial charge in [0, 0.05) is 0 Å². The standard InChI is InChI=1S/C3H6O.Ca.2H2O/c1-3(2)4;;;/h1-2H3;;2*1H2/q;+2;;/p-2. The third-order valence-electron chi connectivity index (χ3n) is 0. The molecule has 0 aliphatic carbocycles. The first kappa shape index (κ1) is 24.9. The minimum absolute atomic E-state index is 0. The van der Waals surface area contributed by atoms with Gasteiger partial charge in [-0.15, -0.1) is 0 Å². The van der Waals surface area contributed by atoms with E-state index in [1.807, 2.05) is 0 Å². The predicted octanol–water partition coefficient (Wildman–Crippen LogP) is -0.139. The Kier molecular flexibility index (Phi) is 56.1. The van der Waals surface area contributed by atoms with Crippen LogP contribution in [0.15, 0.2) is 0 Å². The Morgan fingerprint density at radius 1 is 1.14 bits per heavy atom. The van der Waals surface area contributed by atoms with E-state index in [9.17, 15) is 4.79 Å². The molecule has 4 heteroatoms. The maximum atomic E-state index is 9.44. The van der Waals surface area contributed by atoms with Gasteiger partial charge in [-0.2, -0.15) is 0 Å². The molecule has 0 heterocycles. The van der Waals surface area contributed by atoms with Gasteiger partial charge in [-0.05, 0) is 13.8 Å². The number of carbonyl (C=O) groups is 1. The van der Waals surface area contributed by atoms with Crippen LogP contribution in [0.3, 0.4) is 0 Å². The predicted molar refractivity (Wildman–Crippen MR) is 26.0 cm³/mol. The van der Waals surface area contributed by atoms with Crippen LogP contribution in [0.4, 0.5) is 0 Å². The molecule has 0 aromatic carbocycles. The molecule has 0 aromatic heterocycles. The van der Waals surface area contributed by atoms with Gasteiger partial charge in [-0.25, -0.2) is 0 Å². The SMILES string of the molecule is CC(C)=O.[Ca+2].[OH-].[OH-]. The molecule has 0 bridgehead atoms. The number of hydrogen-bond donors (Lipinski definition) is 0. The Bertz CT molecular complexity index is 33.2. The van der Waals surface area contributed by atoms with Crippen LogP contribution in [0.2, 0.25) is 0 Å². The van der Waals surface area contributed by atoms with E-state index >= 15 is 0 Å². The molecule has 7 heavy (non-hydrogen) atoms. The van der Waals surface area contributed by atoms with Gasteiger partial charge in [0.05, 0.1) is 0 Å². The van der Waals surface area contributed by atoms with Crippen molar-refractivity contribution in [3.63, 3.8) is 0 Å². The molecule has 0 radical (unpaired) electrons. The second kappa shape index (κ2) is 15.8. The topological polar surface area (TPSA) is 77.1 Å². The molecule has 3 nitrogen and oxygen atoms in total. The summed E-state index contributed by atoms with van der Waals surface area (Å²) in [6, 6.07) is 0. The van der Waals surface area contributed by atoms with Crippen molar-refractivity contribution >= 4 is 43.5 Å². The van der Waals surface area contributed by atoms with E-state index in [2.05, 4.69) is 0 Å². The molecule has 0 fully saturated rings. The van der Waals surface area contributed by atoms with Gasteiger partial charge in [0.25, 0.3) is 0 Å². The molecular weight excluding hydrogens is 124 g/mol. The average molecular weight is 132 g/mol. The van der Waals surface area contributed by atoms with E-state index in [-0.39, 0.29) is 54.5 Å². The second-order valence-electron chi connectivity index (χ2n) is 0.908. The summed E-state index contributed by atoms with van der Waals surface area (Å²) in [4.78, 5) is 9.44. The van der Waals surface area contributed by atoms with Crippen molar-refractivity contribution in [2.45, 2.75) is 13.8 Å². The second-order valence-corrected chi connectivity index (χ2v) is 0.908. The maximum Gasteiger partial charge on any atom is 2.00 e. The molecule has 0 aromatic rings. The molecular formula is C3H8CaO3. The molecule has 0 spiro atoms. The van der Waals surface area contributed by atoms with Crippen LogP contribution in [-0.4, -0.2) is 54.5 Å². The number of Topliss-reactive ketones (excluding diaryl/α,β-unsaturated/α-hetero) is 1.